The molecule has 0 radical (unpaired) electrons. The smallest absolute Gasteiger partial charge is 0.224 e. The normalized spacial score (nSPS) is 21.9. The standard InChI is InChI=1S/C23H31N5O3/c1-16(28-18(3)24-17(2)25-28)12-22(30)26-11-7-10-23(14-26)15-27(19(4)29)13-20-8-5-6-9-21(20)31-23/h5-6,8-9,16H,7,10-15H2,1-4H3/t16-,23+/m0/s1. The van der Waals surface area contributed by atoms with Gasteiger partial charge in [-0.2, -0.15) is 5.10 Å². The van der Waals surface area contributed by atoms with Crippen molar-refractivity contribution in [2.45, 2.75) is 65.1 Å². The first-order valence-electron chi connectivity index (χ1n) is 11.0. The van der Waals surface area contributed by atoms with Crippen LogP contribution in [0.15, 0.2) is 24.3 Å². The lowest BCUT2D eigenvalue weighted by molar-refractivity contribution is -0.140. The van der Waals surface area contributed by atoms with E-state index in [1.807, 2.05) is 59.5 Å². The van der Waals surface area contributed by atoms with Crippen molar-refractivity contribution in [3.05, 3.63) is 41.5 Å². The molecule has 0 bridgehead atoms. The summed E-state index contributed by atoms with van der Waals surface area (Å²) in [5, 5.41) is 4.42. The number of carbonyl (C=O) groups excluding carboxylic acids is 2. The van der Waals surface area contributed by atoms with Gasteiger partial charge in [0.05, 0.1) is 19.1 Å². The first-order chi connectivity index (χ1) is 14.8. The molecule has 1 spiro atoms. The molecule has 1 fully saturated rings. The number of carbonyl (C=O) groups is 2. The summed E-state index contributed by atoms with van der Waals surface area (Å²) < 4.78 is 8.37. The molecule has 4 rings (SSSR count). The van der Waals surface area contributed by atoms with Gasteiger partial charge in [0.15, 0.2) is 0 Å². The zero-order chi connectivity index (χ0) is 22.2. The maximum absolute atomic E-state index is 13.2. The number of amides is 2. The van der Waals surface area contributed by atoms with Crippen molar-refractivity contribution in [2.24, 2.45) is 0 Å². The van der Waals surface area contributed by atoms with Crippen LogP contribution < -0.4 is 4.74 Å². The number of rotatable bonds is 3. The first-order valence-corrected chi connectivity index (χ1v) is 11.0. The van der Waals surface area contributed by atoms with E-state index >= 15 is 0 Å². The van der Waals surface area contributed by atoms with Crippen LogP contribution in [0.3, 0.4) is 0 Å². The molecule has 1 aromatic carbocycles. The largest absolute Gasteiger partial charge is 0.483 e. The van der Waals surface area contributed by atoms with Crippen LogP contribution in [0.2, 0.25) is 0 Å². The Hall–Kier alpha value is -2.90. The molecule has 31 heavy (non-hydrogen) atoms. The predicted molar refractivity (Wildman–Crippen MR) is 116 cm³/mol. The number of ether oxygens (including phenoxy) is 1. The van der Waals surface area contributed by atoms with E-state index in [0.29, 0.717) is 38.4 Å². The number of fused-ring (bicyclic) bond motifs is 1. The highest BCUT2D eigenvalue weighted by molar-refractivity contribution is 5.77. The quantitative estimate of drug-likeness (QED) is 0.755. The Morgan fingerprint density at radius 1 is 1.19 bits per heavy atom. The van der Waals surface area contributed by atoms with Gasteiger partial charge in [-0.1, -0.05) is 18.2 Å². The first kappa shape index (κ1) is 21.3. The zero-order valence-electron chi connectivity index (χ0n) is 18.8. The summed E-state index contributed by atoms with van der Waals surface area (Å²) in [6.07, 6.45) is 2.01. The molecular weight excluding hydrogens is 394 g/mol. The minimum Gasteiger partial charge on any atom is -0.483 e. The molecule has 8 nitrogen and oxygen atoms in total. The lowest BCUT2D eigenvalue weighted by atomic mass is 9.91. The molecule has 1 saturated heterocycles. The molecule has 1 aromatic heterocycles. The Morgan fingerprint density at radius 2 is 1.94 bits per heavy atom. The third-order valence-electron chi connectivity index (χ3n) is 6.27. The van der Waals surface area contributed by atoms with Crippen LogP contribution in [-0.2, 0) is 16.1 Å². The summed E-state index contributed by atoms with van der Waals surface area (Å²) in [7, 11) is 0. The molecule has 0 N–H and O–H groups in total. The summed E-state index contributed by atoms with van der Waals surface area (Å²) >= 11 is 0. The van der Waals surface area contributed by atoms with Crippen molar-refractivity contribution in [1.29, 1.82) is 0 Å². The summed E-state index contributed by atoms with van der Waals surface area (Å²) in [5.74, 6) is 2.43. The number of aromatic nitrogens is 3. The van der Waals surface area contributed by atoms with Gasteiger partial charge >= 0.3 is 0 Å². The number of piperidine rings is 1. The molecule has 0 saturated carbocycles. The molecule has 2 aliphatic rings. The molecule has 2 aromatic rings. The maximum Gasteiger partial charge on any atom is 0.224 e. The van der Waals surface area contributed by atoms with E-state index in [9.17, 15) is 9.59 Å². The van der Waals surface area contributed by atoms with Crippen molar-refractivity contribution >= 4 is 11.8 Å². The monoisotopic (exact) mass is 425 g/mol. The Morgan fingerprint density at radius 3 is 2.65 bits per heavy atom. The molecule has 2 atom stereocenters. The van der Waals surface area contributed by atoms with Gasteiger partial charge in [0, 0.05) is 32.0 Å². The number of aryl methyl sites for hydroxylation is 2. The van der Waals surface area contributed by atoms with Crippen LogP contribution in [0.1, 0.15) is 56.4 Å². The Labute approximate surface area is 183 Å². The van der Waals surface area contributed by atoms with Gasteiger partial charge in [-0.25, -0.2) is 9.67 Å². The van der Waals surface area contributed by atoms with E-state index in [1.54, 1.807) is 6.92 Å². The number of likely N-dealkylation sites (tertiary alicyclic amines) is 1. The second kappa shape index (κ2) is 8.32. The average Bonchev–Trinajstić information content (AvgIpc) is 2.97. The summed E-state index contributed by atoms with van der Waals surface area (Å²) in [5.41, 5.74) is 0.415. The Balaban J connectivity index is 1.53. The van der Waals surface area contributed by atoms with Gasteiger partial charge in [0.2, 0.25) is 11.8 Å². The van der Waals surface area contributed by atoms with Crippen LogP contribution in [0.4, 0.5) is 0 Å². The van der Waals surface area contributed by atoms with Gasteiger partial charge in [-0.3, -0.25) is 9.59 Å². The molecule has 2 aliphatic heterocycles. The third-order valence-corrected chi connectivity index (χ3v) is 6.27. The second-order valence-electron chi connectivity index (χ2n) is 8.89. The van der Waals surface area contributed by atoms with Crippen molar-refractivity contribution in [3.63, 3.8) is 0 Å². The number of para-hydroxylation sites is 1. The Kier molecular flexibility index (Phi) is 5.73. The Bertz CT molecular complexity index is 987. The summed E-state index contributed by atoms with van der Waals surface area (Å²) in [6.45, 7) is 9.55. The highest BCUT2D eigenvalue weighted by atomic mass is 16.5. The van der Waals surface area contributed by atoms with Gasteiger partial charge in [-0.15, -0.1) is 0 Å². The van der Waals surface area contributed by atoms with E-state index in [1.165, 1.54) is 0 Å². The number of benzene rings is 1. The topological polar surface area (TPSA) is 80.6 Å². The lowest BCUT2D eigenvalue weighted by Gasteiger charge is -2.43. The molecule has 8 heteroatoms. The van der Waals surface area contributed by atoms with E-state index in [4.69, 9.17) is 4.74 Å². The fraction of sp³-hybridized carbons (Fsp3) is 0.565. The number of hydrogen-bond donors (Lipinski definition) is 0. The molecule has 0 unspecified atom stereocenters. The third kappa shape index (κ3) is 4.43. The van der Waals surface area contributed by atoms with Crippen LogP contribution in [0.5, 0.6) is 5.75 Å². The van der Waals surface area contributed by atoms with Crippen molar-refractivity contribution in [2.75, 3.05) is 19.6 Å². The van der Waals surface area contributed by atoms with Gasteiger partial charge in [0.1, 0.15) is 23.0 Å². The second-order valence-corrected chi connectivity index (χ2v) is 8.89. The maximum atomic E-state index is 13.2. The molecule has 0 aliphatic carbocycles. The highest BCUT2D eigenvalue weighted by Crippen LogP contribution is 2.35. The SMILES string of the molecule is CC(=O)N1Cc2ccccc2O[C@@]2(CCCN(C(=O)C[C@H](C)n3nc(C)nc3C)C2)C1. The molecule has 3 heterocycles. The number of nitrogens with zero attached hydrogens (tertiary/aromatic N) is 5. The minimum atomic E-state index is -0.588. The lowest BCUT2D eigenvalue weighted by Crippen LogP contribution is -2.58. The van der Waals surface area contributed by atoms with Crippen molar-refractivity contribution in [3.8, 4) is 5.75 Å². The van der Waals surface area contributed by atoms with E-state index in [2.05, 4.69) is 10.1 Å². The highest BCUT2D eigenvalue weighted by Gasteiger charge is 2.43. The molecule has 166 valence electrons. The zero-order valence-corrected chi connectivity index (χ0v) is 18.8. The van der Waals surface area contributed by atoms with Crippen LogP contribution >= 0.6 is 0 Å². The minimum absolute atomic E-state index is 0.0220. The van der Waals surface area contributed by atoms with Crippen molar-refractivity contribution < 1.29 is 14.3 Å². The van der Waals surface area contributed by atoms with Gasteiger partial charge in [0.25, 0.3) is 0 Å². The van der Waals surface area contributed by atoms with Gasteiger partial charge < -0.3 is 14.5 Å². The predicted octanol–water partition coefficient (Wildman–Crippen LogP) is 2.65. The number of hydrogen-bond acceptors (Lipinski definition) is 5. The molecular formula is C23H31N5O3. The average molecular weight is 426 g/mol. The summed E-state index contributed by atoms with van der Waals surface area (Å²) in [6, 6.07) is 7.80. The van der Waals surface area contributed by atoms with Gasteiger partial charge in [-0.05, 0) is 39.7 Å². The fourth-order valence-electron chi connectivity index (χ4n) is 4.78. The van der Waals surface area contributed by atoms with E-state index in [-0.39, 0.29) is 17.9 Å². The van der Waals surface area contributed by atoms with E-state index < -0.39 is 5.60 Å². The van der Waals surface area contributed by atoms with Crippen LogP contribution in [0.25, 0.3) is 0 Å². The summed E-state index contributed by atoms with van der Waals surface area (Å²) in [4.78, 5) is 33.6. The van der Waals surface area contributed by atoms with Crippen molar-refractivity contribution in [1.82, 2.24) is 24.6 Å². The van der Waals surface area contributed by atoms with Crippen LogP contribution in [-0.4, -0.2) is 61.6 Å². The van der Waals surface area contributed by atoms with E-state index in [0.717, 1.165) is 30.0 Å². The van der Waals surface area contributed by atoms with Crippen LogP contribution in [0, 0.1) is 13.8 Å². The molecule has 2 amide bonds. The fourth-order valence-corrected chi connectivity index (χ4v) is 4.78.